The molecule has 0 atom stereocenters. The highest BCUT2D eigenvalue weighted by atomic mass is 35.5. The van der Waals surface area contributed by atoms with Gasteiger partial charge in [0, 0.05) is 17.5 Å². The van der Waals surface area contributed by atoms with Crippen molar-refractivity contribution in [3.05, 3.63) is 54.0 Å². The van der Waals surface area contributed by atoms with Gasteiger partial charge < -0.3 is 11.5 Å². The summed E-state index contributed by atoms with van der Waals surface area (Å²) < 4.78 is 1.82. The molecule has 1 fully saturated rings. The van der Waals surface area contributed by atoms with E-state index in [1.807, 2.05) is 35.0 Å². The summed E-state index contributed by atoms with van der Waals surface area (Å²) in [6.45, 7) is 0. The van der Waals surface area contributed by atoms with Crippen LogP contribution < -0.4 is 11.5 Å². The molecule has 0 saturated heterocycles. The molecule has 8 heteroatoms. The minimum Gasteiger partial charge on any atom is -0.370 e. The Morgan fingerprint density at radius 3 is 2.68 bits per heavy atom. The third-order valence-electron chi connectivity index (χ3n) is 4.09. The number of pyridine rings is 1. The average Bonchev–Trinajstić information content (AvgIpc) is 3.32. The van der Waals surface area contributed by atoms with Crippen molar-refractivity contribution in [2.75, 3.05) is 0 Å². The van der Waals surface area contributed by atoms with Gasteiger partial charge in [-0.1, -0.05) is 18.2 Å². The number of hydrogen-bond donors (Lipinski definition) is 2. The molecule has 128 valence electrons. The minimum absolute atomic E-state index is 0. The molecule has 0 radical (unpaired) electrons. The van der Waals surface area contributed by atoms with Crippen LogP contribution in [0.5, 0.6) is 0 Å². The van der Waals surface area contributed by atoms with E-state index >= 15 is 0 Å². The van der Waals surface area contributed by atoms with Gasteiger partial charge in [0.05, 0.1) is 28.7 Å². The van der Waals surface area contributed by atoms with E-state index < -0.39 is 5.91 Å². The molecule has 1 aliphatic carbocycles. The highest BCUT2D eigenvalue weighted by molar-refractivity contribution is 6.03. The van der Waals surface area contributed by atoms with Gasteiger partial charge in [0.1, 0.15) is 0 Å². The number of aromatic nitrogens is 3. The summed E-state index contributed by atoms with van der Waals surface area (Å²) in [5.74, 6) is -0.405. The van der Waals surface area contributed by atoms with E-state index in [0.29, 0.717) is 11.5 Å². The highest BCUT2D eigenvalue weighted by Crippen LogP contribution is 2.43. The molecule has 25 heavy (non-hydrogen) atoms. The van der Waals surface area contributed by atoms with Crippen LogP contribution in [0.3, 0.4) is 0 Å². The third kappa shape index (κ3) is 3.06. The molecule has 0 unspecified atom stereocenters. The summed E-state index contributed by atoms with van der Waals surface area (Å²) in [5.41, 5.74) is 13.8. The lowest BCUT2D eigenvalue weighted by molar-refractivity contribution is 0.100. The molecule has 2 aromatic heterocycles. The molecule has 1 amide bonds. The number of rotatable bonds is 3. The lowest BCUT2D eigenvalue weighted by Crippen LogP contribution is -2.24. The molecule has 4 rings (SSSR count). The molecule has 1 aliphatic rings. The Balaban J connectivity index is 0.00000182. The molecule has 2 heterocycles. The number of carbonyl (C=O) groups excluding carboxylic acids is 1. The number of aliphatic imine (C=N–C) groups is 1. The van der Waals surface area contributed by atoms with Crippen LogP contribution in [0.15, 0.2) is 47.7 Å². The molecule has 3 aromatic rings. The number of amides is 1. The van der Waals surface area contributed by atoms with Crippen molar-refractivity contribution >= 4 is 35.2 Å². The van der Waals surface area contributed by atoms with Crippen LogP contribution in [0.1, 0.15) is 34.8 Å². The zero-order valence-corrected chi connectivity index (χ0v) is 14.1. The number of hydrogen-bond acceptors (Lipinski definition) is 3. The van der Waals surface area contributed by atoms with Gasteiger partial charge in [-0.3, -0.25) is 9.78 Å². The van der Waals surface area contributed by atoms with Crippen molar-refractivity contribution in [3.63, 3.8) is 0 Å². The number of guanidine groups is 1. The van der Waals surface area contributed by atoms with Crippen molar-refractivity contribution in [2.45, 2.75) is 18.8 Å². The van der Waals surface area contributed by atoms with Crippen LogP contribution in [0.4, 0.5) is 0 Å². The standard InChI is InChI=1S/C17H16N6O.ClH/c18-17(19)22-16(24)12-9-21-23(15(12)10-5-6-10)14-7-8-20-13-4-2-1-3-11(13)14;/h1-4,7-10H,5-6H2,(H4,18,19,22,24);1H. The Morgan fingerprint density at radius 2 is 1.96 bits per heavy atom. The van der Waals surface area contributed by atoms with Crippen LogP contribution in [0.2, 0.25) is 0 Å². The van der Waals surface area contributed by atoms with Gasteiger partial charge in [0.2, 0.25) is 0 Å². The number of benzene rings is 1. The predicted octanol–water partition coefficient (Wildman–Crippen LogP) is 2.13. The molecule has 0 spiro atoms. The second-order valence-electron chi connectivity index (χ2n) is 5.82. The van der Waals surface area contributed by atoms with E-state index in [2.05, 4.69) is 15.1 Å². The minimum atomic E-state index is -0.457. The van der Waals surface area contributed by atoms with Gasteiger partial charge in [-0.05, 0) is 25.0 Å². The fourth-order valence-corrected chi connectivity index (χ4v) is 2.91. The van der Waals surface area contributed by atoms with Crippen LogP contribution in [-0.2, 0) is 0 Å². The van der Waals surface area contributed by atoms with Crippen molar-refractivity contribution in [3.8, 4) is 5.69 Å². The number of nitrogens with two attached hydrogens (primary N) is 2. The molecular weight excluding hydrogens is 340 g/mol. The van der Waals surface area contributed by atoms with Crippen molar-refractivity contribution < 1.29 is 4.79 Å². The topological polar surface area (TPSA) is 112 Å². The summed E-state index contributed by atoms with van der Waals surface area (Å²) in [6.07, 6.45) is 5.33. The molecular formula is C17H17ClN6O. The van der Waals surface area contributed by atoms with Crippen LogP contribution in [0, 0.1) is 0 Å². The van der Waals surface area contributed by atoms with Crippen LogP contribution in [0.25, 0.3) is 16.6 Å². The van der Waals surface area contributed by atoms with Gasteiger partial charge >= 0.3 is 0 Å². The fraction of sp³-hybridized carbons (Fsp3) is 0.176. The van der Waals surface area contributed by atoms with E-state index in [-0.39, 0.29) is 18.4 Å². The van der Waals surface area contributed by atoms with E-state index in [0.717, 1.165) is 35.1 Å². The number of carbonyl (C=O) groups is 1. The Bertz CT molecular complexity index is 967. The lowest BCUT2D eigenvalue weighted by atomic mass is 10.1. The second kappa shape index (κ2) is 6.52. The van der Waals surface area contributed by atoms with Gasteiger partial charge in [-0.15, -0.1) is 12.4 Å². The molecule has 1 aromatic carbocycles. The quantitative estimate of drug-likeness (QED) is 0.551. The Kier molecular flexibility index (Phi) is 4.41. The van der Waals surface area contributed by atoms with E-state index in [1.165, 1.54) is 6.20 Å². The first-order valence-corrected chi connectivity index (χ1v) is 7.71. The van der Waals surface area contributed by atoms with Crippen molar-refractivity contribution in [2.24, 2.45) is 16.5 Å². The fourth-order valence-electron chi connectivity index (χ4n) is 2.91. The number of nitrogens with zero attached hydrogens (tertiary/aromatic N) is 4. The van der Waals surface area contributed by atoms with E-state index in [1.54, 1.807) is 6.20 Å². The Labute approximate surface area is 150 Å². The summed E-state index contributed by atoms with van der Waals surface area (Å²) in [5, 5.41) is 5.42. The third-order valence-corrected chi connectivity index (χ3v) is 4.09. The van der Waals surface area contributed by atoms with Gasteiger partial charge in [0.15, 0.2) is 5.96 Å². The summed E-state index contributed by atoms with van der Waals surface area (Å²) in [7, 11) is 0. The van der Waals surface area contributed by atoms with Gasteiger partial charge in [-0.25, -0.2) is 4.68 Å². The Hall–Kier alpha value is -2.93. The first-order chi connectivity index (χ1) is 11.6. The van der Waals surface area contributed by atoms with E-state index in [4.69, 9.17) is 11.5 Å². The molecule has 0 bridgehead atoms. The largest absolute Gasteiger partial charge is 0.370 e. The Morgan fingerprint density at radius 1 is 1.20 bits per heavy atom. The average molecular weight is 357 g/mol. The monoisotopic (exact) mass is 356 g/mol. The second-order valence-corrected chi connectivity index (χ2v) is 5.82. The van der Waals surface area contributed by atoms with E-state index in [9.17, 15) is 4.79 Å². The molecule has 0 aliphatic heterocycles. The number of halogens is 1. The van der Waals surface area contributed by atoms with Crippen LogP contribution >= 0.6 is 12.4 Å². The molecule has 1 saturated carbocycles. The summed E-state index contributed by atoms with van der Waals surface area (Å²) in [6, 6.07) is 9.74. The zero-order valence-electron chi connectivity index (χ0n) is 13.3. The number of para-hydroxylation sites is 1. The molecule has 4 N–H and O–H groups in total. The smallest absolute Gasteiger partial charge is 0.283 e. The molecule has 7 nitrogen and oxygen atoms in total. The van der Waals surface area contributed by atoms with Crippen molar-refractivity contribution in [1.82, 2.24) is 14.8 Å². The van der Waals surface area contributed by atoms with Crippen molar-refractivity contribution in [1.29, 1.82) is 0 Å². The van der Waals surface area contributed by atoms with Gasteiger partial charge in [-0.2, -0.15) is 10.1 Å². The first kappa shape index (κ1) is 16.9. The lowest BCUT2D eigenvalue weighted by Gasteiger charge is -2.10. The van der Waals surface area contributed by atoms with Crippen LogP contribution in [-0.4, -0.2) is 26.6 Å². The first-order valence-electron chi connectivity index (χ1n) is 7.71. The predicted molar refractivity (Wildman–Crippen MR) is 98.2 cm³/mol. The summed E-state index contributed by atoms with van der Waals surface area (Å²) >= 11 is 0. The maximum absolute atomic E-state index is 12.3. The maximum Gasteiger partial charge on any atom is 0.283 e. The summed E-state index contributed by atoms with van der Waals surface area (Å²) in [4.78, 5) is 20.3. The number of fused-ring (bicyclic) bond motifs is 1. The normalized spacial score (nSPS) is 13.3. The maximum atomic E-state index is 12.3. The SMILES string of the molecule is Cl.NC(N)=NC(=O)c1cnn(-c2ccnc3ccccc23)c1C1CC1. The zero-order chi connectivity index (χ0) is 16.7. The highest BCUT2D eigenvalue weighted by Gasteiger charge is 2.33. The van der Waals surface area contributed by atoms with Gasteiger partial charge in [0.25, 0.3) is 5.91 Å².